The van der Waals surface area contributed by atoms with Crippen LogP contribution in [0.4, 0.5) is 10.5 Å². The third-order valence-corrected chi connectivity index (χ3v) is 6.04. The summed E-state index contributed by atoms with van der Waals surface area (Å²) in [6, 6.07) is 6.06. The fourth-order valence-corrected chi connectivity index (χ4v) is 3.94. The van der Waals surface area contributed by atoms with Gasteiger partial charge in [-0.25, -0.2) is 23.2 Å². The third-order valence-electron chi connectivity index (χ3n) is 5.05. The number of aryl methyl sites for hydroxylation is 1. The minimum Gasteiger partial charge on any atom is -0.489 e. The minimum absolute atomic E-state index is 0.0560. The molecule has 11 heteroatoms. The Morgan fingerprint density at radius 2 is 1.79 bits per heavy atom. The molecule has 1 aliphatic heterocycles. The van der Waals surface area contributed by atoms with Crippen LogP contribution in [0.25, 0.3) is 0 Å². The fraction of sp³-hybridized carbons (Fsp3) is 0.478. The van der Waals surface area contributed by atoms with E-state index in [0.717, 1.165) is 6.26 Å². The van der Waals surface area contributed by atoms with Crippen LogP contribution in [-0.4, -0.2) is 66.3 Å². The normalized spacial score (nSPS) is 15.0. The summed E-state index contributed by atoms with van der Waals surface area (Å²) < 4.78 is 34.6. The van der Waals surface area contributed by atoms with Crippen LogP contribution in [0.15, 0.2) is 35.5 Å². The molecule has 0 aliphatic carbocycles. The quantitative estimate of drug-likeness (QED) is 0.677. The molecule has 2 aromatic rings. The van der Waals surface area contributed by atoms with Gasteiger partial charge in [0.1, 0.15) is 23.1 Å². The highest BCUT2D eigenvalue weighted by Crippen LogP contribution is 2.21. The van der Waals surface area contributed by atoms with Crippen LogP contribution in [0.1, 0.15) is 49.8 Å². The lowest BCUT2D eigenvalue weighted by atomic mass is 10.1. The van der Waals surface area contributed by atoms with Gasteiger partial charge in [0.2, 0.25) is 0 Å². The zero-order chi connectivity index (χ0) is 25.1. The van der Waals surface area contributed by atoms with Gasteiger partial charge in [-0.15, -0.1) is 0 Å². The van der Waals surface area contributed by atoms with Gasteiger partial charge in [0.05, 0.1) is 17.6 Å². The van der Waals surface area contributed by atoms with Crippen molar-refractivity contribution < 1.29 is 27.5 Å². The summed E-state index contributed by atoms with van der Waals surface area (Å²) in [4.78, 5) is 34.6. The highest BCUT2D eigenvalue weighted by atomic mass is 32.2. The molecule has 10 nitrogen and oxygen atoms in total. The molecule has 1 fully saturated rings. The molecule has 0 radical (unpaired) electrons. The van der Waals surface area contributed by atoms with Gasteiger partial charge >= 0.3 is 6.09 Å². The molecule has 0 aromatic carbocycles. The van der Waals surface area contributed by atoms with Crippen molar-refractivity contribution in [3.8, 4) is 5.75 Å². The molecule has 0 bridgehead atoms. The Morgan fingerprint density at radius 1 is 1.12 bits per heavy atom. The van der Waals surface area contributed by atoms with Crippen molar-refractivity contribution in [1.29, 1.82) is 0 Å². The molecule has 0 saturated carbocycles. The Morgan fingerprint density at radius 3 is 2.32 bits per heavy atom. The zero-order valence-corrected chi connectivity index (χ0v) is 20.8. The number of pyridine rings is 2. The first-order valence-corrected chi connectivity index (χ1v) is 12.8. The maximum atomic E-state index is 12.5. The number of ether oxygens (including phenoxy) is 2. The third kappa shape index (κ3) is 6.89. The van der Waals surface area contributed by atoms with Gasteiger partial charge < -0.3 is 19.7 Å². The second-order valence-electron chi connectivity index (χ2n) is 9.17. The second-order valence-corrected chi connectivity index (χ2v) is 11.1. The van der Waals surface area contributed by atoms with Crippen LogP contribution in [0.5, 0.6) is 5.75 Å². The summed E-state index contributed by atoms with van der Waals surface area (Å²) in [5.74, 6) is 0.0804. The van der Waals surface area contributed by atoms with Crippen LogP contribution in [-0.2, 0) is 14.6 Å². The Balaban J connectivity index is 1.54. The van der Waals surface area contributed by atoms with Crippen LogP contribution in [0.2, 0.25) is 0 Å². The number of sulfone groups is 1. The minimum atomic E-state index is -3.43. The standard InChI is InChI=1S/C23H30N4O6S/c1-15-18(8-9-20(25-15)34(5,30)31)26-21(28)19-7-6-17(14-24-19)32-16-10-12-27(13-11-16)22(29)33-23(2,3)4/h6-9,14,16H,10-13H2,1-5H3,(H,26,28). The lowest BCUT2D eigenvalue weighted by Gasteiger charge is -2.33. The van der Waals surface area contributed by atoms with Gasteiger partial charge in [0.15, 0.2) is 14.9 Å². The van der Waals surface area contributed by atoms with E-state index in [2.05, 4.69) is 15.3 Å². The first kappa shape index (κ1) is 25.4. The molecule has 0 spiro atoms. The molecule has 3 rings (SSSR count). The van der Waals surface area contributed by atoms with Gasteiger partial charge in [0, 0.05) is 32.2 Å². The van der Waals surface area contributed by atoms with Gasteiger partial charge in [-0.05, 0) is 52.0 Å². The van der Waals surface area contributed by atoms with Crippen molar-refractivity contribution in [1.82, 2.24) is 14.9 Å². The summed E-state index contributed by atoms with van der Waals surface area (Å²) in [5.41, 5.74) is 0.433. The van der Waals surface area contributed by atoms with Crippen molar-refractivity contribution in [3.05, 3.63) is 41.9 Å². The number of rotatable bonds is 5. The summed E-state index contributed by atoms with van der Waals surface area (Å²) in [6.07, 6.45) is 3.49. The highest BCUT2D eigenvalue weighted by molar-refractivity contribution is 7.90. The van der Waals surface area contributed by atoms with Crippen LogP contribution in [0, 0.1) is 6.92 Å². The average Bonchev–Trinajstić information content (AvgIpc) is 2.74. The topological polar surface area (TPSA) is 128 Å². The van der Waals surface area contributed by atoms with E-state index in [1.54, 1.807) is 24.0 Å². The number of likely N-dealkylation sites (tertiary alicyclic amines) is 1. The molecule has 3 heterocycles. The van der Waals surface area contributed by atoms with E-state index in [9.17, 15) is 18.0 Å². The number of hydrogen-bond donors (Lipinski definition) is 1. The molecule has 2 aromatic heterocycles. The van der Waals surface area contributed by atoms with Crippen molar-refractivity contribution in [2.75, 3.05) is 24.7 Å². The number of hydrogen-bond acceptors (Lipinski definition) is 8. The predicted octanol–water partition coefficient (Wildman–Crippen LogP) is 3.22. The molecule has 34 heavy (non-hydrogen) atoms. The maximum Gasteiger partial charge on any atom is 0.410 e. The second kappa shape index (κ2) is 9.96. The molecule has 1 saturated heterocycles. The molecule has 2 amide bonds. The SMILES string of the molecule is Cc1nc(S(C)(=O)=O)ccc1NC(=O)c1ccc(OC2CCN(C(=O)OC(C)(C)C)CC2)cn1. The van der Waals surface area contributed by atoms with E-state index in [1.165, 1.54) is 18.3 Å². The summed E-state index contributed by atoms with van der Waals surface area (Å²) >= 11 is 0. The van der Waals surface area contributed by atoms with Gasteiger partial charge in [-0.2, -0.15) is 0 Å². The van der Waals surface area contributed by atoms with E-state index in [4.69, 9.17) is 9.47 Å². The Labute approximate surface area is 199 Å². The van der Waals surface area contributed by atoms with Crippen molar-refractivity contribution >= 4 is 27.5 Å². The fourth-order valence-electron chi connectivity index (χ4n) is 3.32. The number of carbonyl (C=O) groups is 2. The number of aromatic nitrogens is 2. The Kier molecular flexibility index (Phi) is 7.44. The smallest absolute Gasteiger partial charge is 0.410 e. The largest absolute Gasteiger partial charge is 0.489 e. The van der Waals surface area contributed by atoms with Crippen LogP contribution >= 0.6 is 0 Å². The van der Waals surface area contributed by atoms with Crippen molar-refractivity contribution in [3.63, 3.8) is 0 Å². The van der Waals surface area contributed by atoms with E-state index in [-0.39, 0.29) is 22.9 Å². The molecular weight excluding hydrogens is 460 g/mol. The average molecular weight is 491 g/mol. The molecule has 1 N–H and O–H groups in total. The molecular formula is C23H30N4O6S. The van der Waals surface area contributed by atoms with Gasteiger partial charge in [-0.1, -0.05) is 0 Å². The van der Waals surface area contributed by atoms with E-state index < -0.39 is 21.3 Å². The molecule has 1 aliphatic rings. The Hall–Kier alpha value is -3.21. The molecule has 0 unspecified atom stereocenters. The lowest BCUT2D eigenvalue weighted by molar-refractivity contribution is 0.0126. The van der Waals surface area contributed by atoms with Crippen LogP contribution < -0.4 is 10.1 Å². The number of nitrogens with zero attached hydrogens (tertiary/aromatic N) is 3. The molecule has 184 valence electrons. The predicted molar refractivity (Wildman–Crippen MR) is 126 cm³/mol. The number of nitrogens with one attached hydrogen (secondary N) is 1. The highest BCUT2D eigenvalue weighted by Gasteiger charge is 2.27. The summed E-state index contributed by atoms with van der Waals surface area (Å²) in [6.45, 7) is 8.21. The number of piperidine rings is 1. The molecule has 0 atom stereocenters. The van der Waals surface area contributed by atoms with E-state index in [1.807, 2.05) is 20.8 Å². The first-order valence-electron chi connectivity index (χ1n) is 10.9. The van der Waals surface area contributed by atoms with E-state index >= 15 is 0 Å². The summed E-state index contributed by atoms with van der Waals surface area (Å²) in [5, 5.41) is 2.63. The lowest BCUT2D eigenvalue weighted by Crippen LogP contribution is -2.44. The monoisotopic (exact) mass is 490 g/mol. The first-order chi connectivity index (χ1) is 15.8. The van der Waals surface area contributed by atoms with Crippen LogP contribution in [0.3, 0.4) is 0 Å². The maximum absolute atomic E-state index is 12.5. The Bertz CT molecular complexity index is 1150. The number of carbonyl (C=O) groups excluding carboxylic acids is 2. The van der Waals surface area contributed by atoms with E-state index in [0.29, 0.717) is 43.1 Å². The van der Waals surface area contributed by atoms with Crippen molar-refractivity contribution in [2.45, 2.75) is 57.3 Å². The number of anilines is 1. The summed E-state index contributed by atoms with van der Waals surface area (Å²) in [7, 11) is -3.43. The van der Waals surface area contributed by atoms with Gasteiger partial charge in [0.25, 0.3) is 5.91 Å². The van der Waals surface area contributed by atoms with Crippen molar-refractivity contribution in [2.24, 2.45) is 0 Å². The van der Waals surface area contributed by atoms with Gasteiger partial charge in [-0.3, -0.25) is 4.79 Å². The number of amides is 2. The zero-order valence-electron chi connectivity index (χ0n) is 20.0.